The number of anilines is 1. The second-order valence-electron chi connectivity index (χ2n) is 3.50. The minimum atomic E-state index is 0.630. The van der Waals surface area contributed by atoms with E-state index in [9.17, 15) is 4.79 Å². The van der Waals surface area contributed by atoms with Crippen molar-refractivity contribution in [1.29, 1.82) is 0 Å². The maximum Gasteiger partial charge on any atom is 0.151 e. The highest BCUT2D eigenvalue weighted by Crippen LogP contribution is 2.11. The van der Waals surface area contributed by atoms with Gasteiger partial charge in [-0.25, -0.2) is 4.98 Å². The summed E-state index contributed by atoms with van der Waals surface area (Å²) in [6.45, 7) is 6.27. The Labute approximate surface area is 91.1 Å². The van der Waals surface area contributed by atoms with Gasteiger partial charge >= 0.3 is 0 Å². The van der Waals surface area contributed by atoms with Gasteiger partial charge in [0.15, 0.2) is 6.29 Å². The van der Waals surface area contributed by atoms with Crippen LogP contribution in [0.1, 0.15) is 37.0 Å². The van der Waals surface area contributed by atoms with Gasteiger partial charge in [0.25, 0.3) is 0 Å². The van der Waals surface area contributed by atoms with E-state index in [4.69, 9.17) is 0 Å². The molecule has 0 bridgehead atoms. The van der Waals surface area contributed by atoms with Crippen LogP contribution in [-0.2, 0) is 0 Å². The van der Waals surface area contributed by atoms with Crippen LogP contribution in [0, 0.1) is 0 Å². The van der Waals surface area contributed by atoms with E-state index in [2.05, 4.69) is 23.7 Å². The van der Waals surface area contributed by atoms with E-state index in [-0.39, 0.29) is 0 Å². The summed E-state index contributed by atoms with van der Waals surface area (Å²) in [4.78, 5) is 17.0. The lowest BCUT2D eigenvalue weighted by Crippen LogP contribution is -2.24. The van der Waals surface area contributed by atoms with Gasteiger partial charge in [0.05, 0.1) is 0 Å². The number of hydrogen-bond donors (Lipinski definition) is 0. The molecule has 0 unspecified atom stereocenters. The molecule has 82 valence electrons. The molecule has 0 saturated carbocycles. The Morgan fingerprint density at radius 1 is 1.40 bits per heavy atom. The molecule has 0 spiro atoms. The molecule has 0 radical (unpaired) electrons. The molecule has 0 aliphatic heterocycles. The number of pyridine rings is 1. The van der Waals surface area contributed by atoms with Gasteiger partial charge in [0.2, 0.25) is 0 Å². The molecule has 0 amide bonds. The summed E-state index contributed by atoms with van der Waals surface area (Å²) in [6.07, 6.45) is 4.80. The van der Waals surface area contributed by atoms with E-state index in [1.165, 1.54) is 12.8 Å². The predicted octanol–water partition coefficient (Wildman–Crippen LogP) is 2.52. The first-order valence-corrected chi connectivity index (χ1v) is 5.48. The fourth-order valence-corrected chi connectivity index (χ4v) is 1.44. The Kier molecular flexibility index (Phi) is 4.81. The molecule has 1 rings (SSSR count). The minimum Gasteiger partial charge on any atom is -0.357 e. The van der Waals surface area contributed by atoms with Gasteiger partial charge in [-0.2, -0.15) is 0 Å². The summed E-state index contributed by atoms with van der Waals surface area (Å²) in [6, 6.07) is 3.72. The molecular weight excluding hydrogens is 188 g/mol. The van der Waals surface area contributed by atoms with Gasteiger partial charge < -0.3 is 4.90 Å². The number of unbranched alkanes of at least 4 members (excludes halogenated alkanes) is 1. The minimum absolute atomic E-state index is 0.630. The number of carbonyl (C=O) groups is 1. The third-order valence-electron chi connectivity index (χ3n) is 2.39. The highest BCUT2D eigenvalue weighted by molar-refractivity contribution is 5.74. The average Bonchev–Trinajstić information content (AvgIpc) is 2.31. The Morgan fingerprint density at radius 2 is 2.20 bits per heavy atom. The van der Waals surface area contributed by atoms with Gasteiger partial charge in [0.1, 0.15) is 5.82 Å². The highest BCUT2D eigenvalue weighted by Gasteiger charge is 2.04. The van der Waals surface area contributed by atoms with Crippen molar-refractivity contribution >= 4 is 12.1 Å². The first kappa shape index (κ1) is 11.7. The molecule has 0 N–H and O–H groups in total. The summed E-state index contributed by atoms with van der Waals surface area (Å²) >= 11 is 0. The molecule has 0 saturated heterocycles. The van der Waals surface area contributed by atoms with Crippen molar-refractivity contribution in [2.45, 2.75) is 26.7 Å². The molecule has 0 aliphatic rings. The lowest BCUT2D eigenvalue weighted by atomic mass is 10.3. The van der Waals surface area contributed by atoms with Crippen LogP contribution < -0.4 is 4.90 Å². The van der Waals surface area contributed by atoms with Crippen molar-refractivity contribution in [1.82, 2.24) is 4.98 Å². The zero-order chi connectivity index (χ0) is 11.1. The summed E-state index contributed by atoms with van der Waals surface area (Å²) < 4.78 is 0. The highest BCUT2D eigenvalue weighted by atomic mass is 16.1. The Hall–Kier alpha value is -1.38. The molecule has 0 fully saturated rings. The molecule has 0 atom stereocenters. The quantitative estimate of drug-likeness (QED) is 0.670. The lowest BCUT2D eigenvalue weighted by Gasteiger charge is -2.21. The van der Waals surface area contributed by atoms with E-state index in [0.29, 0.717) is 5.56 Å². The van der Waals surface area contributed by atoms with Crippen LogP contribution in [-0.4, -0.2) is 24.4 Å². The third-order valence-corrected chi connectivity index (χ3v) is 2.39. The fraction of sp³-hybridized carbons (Fsp3) is 0.500. The van der Waals surface area contributed by atoms with Crippen molar-refractivity contribution in [2.75, 3.05) is 18.0 Å². The van der Waals surface area contributed by atoms with Crippen LogP contribution >= 0.6 is 0 Å². The molecular formula is C12H18N2O. The van der Waals surface area contributed by atoms with Crippen molar-refractivity contribution < 1.29 is 4.79 Å². The molecule has 1 aromatic rings. The van der Waals surface area contributed by atoms with Gasteiger partial charge in [-0.05, 0) is 25.5 Å². The number of nitrogens with zero attached hydrogens (tertiary/aromatic N) is 2. The SMILES string of the molecule is CCCCN(CC)c1ccc(C=O)cn1. The van der Waals surface area contributed by atoms with Gasteiger partial charge in [-0.15, -0.1) is 0 Å². The summed E-state index contributed by atoms with van der Waals surface area (Å²) in [5.41, 5.74) is 0.630. The van der Waals surface area contributed by atoms with Crippen LogP contribution in [0.15, 0.2) is 18.3 Å². The molecule has 3 nitrogen and oxygen atoms in total. The maximum absolute atomic E-state index is 10.5. The van der Waals surface area contributed by atoms with Crippen molar-refractivity contribution in [2.24, 2.45) is 0 Å². The average molecular weight is 206 g/mol. The van der Waals surface area contributed by atoms with Crippen LogP contribution in [0.4, 0.5) is 5.82 Å². The predicted molar refractivity (Wildman–Crippen MR) is 62.4 cm³/mol. The van der Waals surface area contributed by atoms with Gasteiger partial charge in [0, 0.05) is 24.8 Å². The molecule has 1 aromatic heterocycles. The standard InChI is InChI=1S/C12H18N2O/c1-3-5-8-14(4-2)12-7-6-11(10-15)9-13-12/h6-7,9-10H,3-5,8H2,1-2H3. The van der Waals surface area contributed by atoms with E-state index in [1.807, 2.05) is 12.1 Å². The van der Waals surface area contributed by atoms with Crippen molar-refractivity contribution in [3.05, 3.63) is 23.9 Å². The maximum atomic E-state index is 10.5. The largest absolute Gasteiger partial charge is 0.357 e. The van der Waals surface area contributed by atoms with E-state index in [0.717, 1.165) is 25.2 Å². The van der Waals surface area contributed by atoms with Gasteiger partial charge in [-0.3, -0.25) is 4.79 Å². The van der Waals surface area contributed by atoms with E-state index < -0.39 is 0 Å². The summed E-state index contributed by atoms with van der Waals surface area (Å²) in [5, 5.41) is 0. The summed E-state index contributed by atoms with van der Waals surface area (Å²) in [5.74, 6) is 0.955. The van der Waals surface area contributed by atoms with E-state index >= 15 is 0 Å². The molecule has 0 aromatic carbocycles. The molecule has 3 heteroatoms. The van der Waals surface area contributed by atoms with Gasteiger partial charge in [-0.1, -0.05) is 13.3 Å². The lowest BCUT2D eigenvalue weighted by molar-refractivity contribution is 0.112. The normalized spacial score (nSPS) is 10.0. The Bertz CT molecular complexity index is 295. The molecule has 1 heterocycles. The Balaban J connectivity index is 2.69. The van der Waals surface area contributed by atoms with Crippen LogP contribution in [0.3, 0.4) is 0 Å². The Morgan fingerprint density at radius 3 is 2.67 bits per heavy atom. The first-order valence-electron chi connectivity index (χ1n) is 5.48. The zero-order valence-electron chi connectivity index (χ0n) is 9.44. The number of carbonyl (C=O) groups excluding carboxylic acids is 1. The topological polar surface area (TPSA) is 33.2 Å². The number of rotatable bonds is 6. The monoisotopic (exact) mass is 206 g/mol. The molecule has 0 aliphatic carbocycles. The zero-order valence-corrected chi connectivity index (χ0v) is 9.44. The van der Waals surface area contributed by atoms with Crippen LogP contribution in [0.25, 0.3) is 0 Å². The van der Waals surface area contributed by atoms with Crippen LogP contribution in [0.2, 0.25) is 0 Å². The first-order chi connectivity index (χ1) is 7.31. The number of hydrogen-bond acceptors (Lipinski definition) is 3. The number of aldehydes is 1. The third kappa shape index (κ3) is 3.35. The molecule has 15 heavy (non-hydrogen) atoms. The number of aromatic nitrogens is 1. The second-order valence-corrected chi connectivity index (χ2v) is 3.50. The van der Waals surface area contributed by atoms with Crippen LogP contribution in [0.5, 0.6) is 0 Å². The van der Waals surface area contributed by atoms with E-state index in [1.54, 1.807) is 6.20 Å². The summed E-state index contributed by atoms with van der Waals surface area (Å²) in [7, 11) is 0. The second kappa shape index (κ2) is 6.17. The van der Waals surface area contributed by atoms with Crippen molar-refractivity contribution in [3.8, 4) is 0 Å². The van der Waals surface area contributed by atoms with Crippen molar-refractivity contribution in [3.63, 3.8) is 0 Å². The smallest absolute Gasteiger partial charge is 0.151 e. The fourth-order valence-electron chi connectivity index (χ4n) is 1.44.